The van der Waals surface area contributed by atoms with Crippen molar-refractivity contribution in [3.05, 3.63) is 134 Å². The monoisotopic (exact) mass is 522 g/mol. The second kappa shape index (κ2) is 8.44. The number of anilines is 3. The predicted octanol–water partition coefficient (Wildman–Crippen LogP) is 9.60. The summed E-state index contributed by atoms with van der Waals surface area (Å²) in [5.41, 5.74) is 8.30. The molecule has 2 aromatic heterocycles. The average molecular weight is 523 g/mol. The highest BCUT2D eigenvalue weighted by molar-refractivity contribution is 6.18. The fourth-order valence-electron chi connectivity index (χ4n) is 6.44. The third kappa shape index (κ3) is 3.19. The van der Waals surface area contributed by atoms with Gasteiger partial charge in [0.15, 0.2) is 0 Å². The van der Waals surface area contributed by atoms with Crippen molar-refractivity contribution < 1.29 is 0 Å². The lowest BCUT2D eigenvalue weighted by Crippen LogP contribution is -2.18. The van der Waals surface area contributed by atoms with Gasteiger partial charge in [0.1, 0.15) is 0 Å². The van der Waals surface area contributed by atoms with Crippen molar-refractivity contribution >= 4 is 60.7 Å². The lowest BCUT2D eigenvalue weighted by molar-refractivity contribution is 1.12. The van der Waals surface area contributed by atoms with Crippen molar-refractivity contribution in [1.29, 1.82) is 0 Å². The van der Waals surface area contributed by atoms with Gasteiger partial charge in [-0.25, -0.2) is 9.97 Å². The fraction of sp³-hybridized carbons (Fsp3) is 0. The van der Waals surface area contributed by atoms with Crippen molar-refractivity contribution in [2.45, 2.75) is 0 Å². The molecule has 3 heterocycles. The summed E-state index contributed by atoms with van der Waals surface area (Å²) in [5.74, 6) is 0.645. The molecule has 0 spiro atoms. The SMILES string of the molecule is c1ccc2c3c(ccc2c1)-c1cccc2cccc(c12)N3c1nc(-c2cccc3cccnc23)c2ccccc2n1. The molecule has 9 rings (SSSR count). The van der Waals surface area contributed by atoms with Gasteiger partial charge in [0, 0.05) is 38.9 Å². The minimum atomic E-state index is 0.645. The van der Waals surface area contributed by atoms with Gasteiger partial charge in [-0.05, 0) is 34.5 Å². The highest BCUT2D eigenvalue weighted by Gasteiger charge is 2.30. The van der Waals surface area contributed by atoms with Crippen LogP contribution < -0.4 is 4.90 Å². The summed E-state index contributed by atoms with van der Waals surface area (Å²) in [6.07, 6.45) is 1.85. The van der Waals surface area contributed by atoms with Crippen LogP contribution in [0.5, 0.6) is 0 Å². The average Bonchev–Trinajstić information content (AvgIpc) is 3.04. The Labute approximate surface area is 236 Å². The number of hydrogen-bond donors (Lipinski definition) is 0. The molecule has 41 heavy (non-hydrogen) atoms. The Morgan fingerprint density at radius 3 is 2.15 bits per heavy atom. The van der Waals surface area contributed by atoms with Crippen LogP contribution in [0.2, 0.25) is 0 Å². The Morgan fingerprint density at radius 2 is 1.22 bits per heavy atom. The molecule has 0 bridgehead atoms. The number of nitrogens with zero attached hydrogens (tertiary/aromatic N) is 4. The third-order valence-corrected chi connectivity index (χ3v) is 8.22. The molecular weight excluding hydrogens is 500 g/mol. The summed E-state index contributed by atoms with van der Waals surface area (Å²) in [7, 11) is 0. The van der Waals surface area contributed by atoms with Crippen molar-refractivity contribution in [3.8, 4) is 22.4 Å². The molecule has 0 atom stereocenters. The van der Waals surface area contributed by atoms with Crippen LogP contribution in [0.25, 0.3) is 65.7 Å². The van der Waals surface area contributed by atoms with E-state index in [-0.39, 0.29) is 0 Å². The normalized spacial score (nSPS) is 12.3. The van der Waals surface area contributed by atoms with Gasteiger partial charge < -0.3 is 0 Å². The van der Waals surface area contributed by atoms with Crippen molar-refractivity contribution in [1.82, 2.24) is 15.0 Å². The largest absolute Gasteiger partial charge is 0.277 e. The standard InChI is InChI=1S/C37H22N4/c1-2-14-26-23(9-1)20-21-28-27-16-5-10-24-11-7-19-32(33(24)27)41(36(26)28)37-39-31-18-4-3-15-29(31)35(40-37)30-17-6-12-25-13-8-22-38-34(25)30/h1-22H. The lowest BCUT2D eigenvalue weighted by atomic mass is 9.89. The first-order chi connectivity index (χ1) is 20.3. The minimum absolute atomic E-state index is 0.645. The van der Waals surface area contributed by atoms with Crippen molar-refractivity contribution in [3.63, 3.8) is 0 Å². The van der Waals surface area contributed by atoms with E-state index in [9.17, 15) is 0 Å². The van der Waals surface area contributed by atoms with Crippen molar-refractivity contribution in [2.24, 2.45) is 0 Å². The number of benzene rings is 6. The van der Waals surface area contributed by atoms with Crippen LogP contribution in [-0.2, 0) is 0 Å². The molecule has 1 aliphatic heterocycles. The van der Waals surface area contributed by atoms with Crippen LogP contribution in [0, 0.1) is 0 Å². The van der Waals surface area contributed by atoms with Crippen LogP contribution in [0.4, 0.5) is 17.3 Å². The van der Waals surface area contributed by atoms with Crippen LogP contribution in [0.3, 0.4) is 0 Å². The molecule has 190 valence electrons. The van der Waals surface area contributed by atoms with E-state index >= 15 is 0 Å². The zero-order valence-corrected chi connectivity index (χ0v) is 22.0. The molecule has 8 aromatic rings. The maximum atomic E-state index is 5.39. The van der Waals surface area contributed by atoms with Gasteiger partial charge >= 0.3 is 0 Å². The molecule has 0 saturated heterocycles. The first-order valence-corrected chi connectivity index (χ1v) is 13.8. The fourth-order valence-corrected chi connectivity index (χ4v) is 6.44. The quantitative estimate of drug-likeness (QED) is 0.227. The van der Waals surface area contributed by atoms with E-state index in [1.165, 1.54) is 32.7 Å². The van der Waals surface area contributed by atoms with Gasteiger partial charge in [-0.2, -0.15) is 0 Å². The molecule has 6 aromatic carbocycles. The highest BCUT2D eigenvalue weighted by atomic mass is 15.3. The predicted molar refractivity (Wildman–Crippen MR) is 169 cm³/mol. The van der Waals surface area contributed by atoms with Crippen molar-refractivity contribution in [2.75, 3.05) is 4.90 Å². The Balaban J connectivity index is 1.43. The Morgan fingerprint density at radius 1 is 0.488 bits per heavy atom. The summed E-state index contributed by atoms with van der Waals surface area (Å²) in [6.45, 7) is 0. The summed E-state index contributed by atoms with van der Waals surface area (Å²) >= 11 is 0. The van der Waals surface area contributed by atoms with E-state index in [1.54, 1.807) is 0 Å². The zero-order valence-electron chi connectivity index (χ0n) is 22.0. The molecule has 0 amide bonds. The van der Waals surface area contributed by atoms with Gasteiger partial charge in [0.2, 0.25) is 5.95 Å². The number of hydrogen-bond acceptors (Lipinski definition) is 4. The van der Waals surface area contributed by atoms with Crippen LogP contribution in [-0.4, -0.2) is 15.0 Å². The summed E-state index contributed by atoms with van der Waals surface area (Å²) < 4.78 is 0. The van der Waals surface area contributed by atoms with Crippen LogP contribution in [0.1, 0.15) is 0 Å². The number of para-hydroxylation sites is 2. The van der Waals surface area contributed by atoms with E-state index in [1.807, 2.05) is 24.4 Å². The maximum absolute atomic E-state index is 5.39. The zero-order chi connectivity index (χ0) is 26.9. The van der Waals surface area contributed by atoms with E-state index in [0.29, 0.717) is 5.95 Å². The molecular formula is C37H22N4. The number of aromatic nitrogens is 3. The van der Waals surface area contributed by atoms with Crippen LogP contribution >= 0.6 is 0 Å². The molecule has 0 fully saturated rings. The number of pyridine rings is 1. The molecule has 4 nitrogen and oxygen atoms in total. The molecule has 0 N–H and O–H groups in total. The summed E-state index contributed by atoms with van der Waals surface area (Å²) in [6, 6.07) is 44.7. The van der Waals surface area contributed by atoms with Crippen LogP contribution in [0.15, 0.2) is 134 Å². The van der Waals surface area contributed by atoms with E-state index in [2.05, 4.69) is 114 Å². The highest BCUT2D eigenvalue weighted by Crippen LogP contribution is 2.52. The Kier molecular flexibility index (Phi) is 4.58. The third-order valence-electron chi connectivity index (χ3n) is 8.22. The molecule has 0 unspecified atom stereocenters. The smallest absolute Gasteiger partial charge is 0.235 e. The minimum Gasteiger partial charge on any atom is -0.277 e. The molecule has 0 aliphatic carbocycles. The van der Waals surface area contributed by atoms with Gasteiger partial charge in [-0.15, -0.1) is 0 Å². The second-order valence-corrected chi connectivity index (χ2v) is 10.5. The second-order valence-electron chi connectivity index (χ2n) is 10.5. The Bertz CT molecular complexity index is 2330. The maximum Gasteiger partial charge on any atom is 0.235 e. The molecule has 0 radical (unpaired) electrons. The summed E-state index contributed by atoms with van der Waals surface area (Å²) in [4.78, 5) is 17.6. The Hall–Kier alpha value is -5.61. The van der Waals surface area contributed by atoms with Gasteiger partial charge in [-0.3, -0.25) is 9.88 Å². The first kappa shape index (κ1) is 22.2. The van der Waals surface area contributed by atoms with E-state index < -0.39 is 0 Å². The molecule has 0 saturated carbocycles. The number of fused-ring (bicyclic) bond motifs is 6. The van der Waals surface area contributed by atoms with Gasteiger partial charge in [-0.1, -0.05) is 109 Å². The first-order valence-electron chi connectivity index (χ1n) is 13.8. The molecule has 1 aliphatic rings. The number of rotatable bonds is 2. The summed E-state index contributed by atoms with van der Waals surface area (Å²) in [5, 5.41) is 6.85. The topological polar surface area (TPSA) is 41.9 Å². The van der Waals surface area contributed by atoms with E-state index in [4.69, 9.17) is 15.0 Å². The van der Waals surface area contributed by atoms with Gasteiger partial charge in [0.25, 0.3) is 0 Å². The lowest BCUT2D eigenvalue weighted by Gasteiger charge is -2.33. The molecule has 4 heteroatoms. The van der Waals surface area contributed by atoms with E-state index in [0.717, 1.165) is 44.4 Å². The van der Waals surface area contributed by atoms with Gasteiger partial charge in [0.05, 0.1) is 28.1 Å².